The van der Waals surface area contributed by atoms with Crippen molar-refractivity contribution in [2.45, 2.75) is 31.7 Å². The third-order valence-electron chi connectivity index (χ3n) is 5.40. The van der Waals surface area contributed by atoms with Gasteiger partial charge in [-0.1, -0.05) is 12.1 Å². The van der Waals surface area contributed by atoms with Crippen molar-refractivity contribution < 1.29 is 27.4 Å². The molecule has 1 aromatic heterocycles. The lowest BCUT2D eigenvalue weighted by atomic mass is 9.81. The lowest BCUT2D eigenvalue weighted by Gasteiger charge is -2.32. The van der Waals surface area contributed by atoms with Gasteiger partial charge in [-0.05, 0) is 48.7 Å². The van der Waals surface area contributed by atoms with Gasteiger partial charge in [0.05, 0.1) is 17.4 Å². The van der Waals surface area contributed by atoms with Crippen molar-refractivity contribution in [2.75, 3.05) is 12.4 Å². The molecule has 0 radical (unpaired) electrons. The Balaban J connectivity index is 1.42. The number of carbonyl (C=O) groups excluding carboxylic acids is 1. The number of alkyl halides is 3. The first-order valence-corrected chi connectivity index (χ1v) is 9.57. The van der Waals surface area contributed by atoms with Crippen molar-refractivity contribution in [1.29, 1.82) is 0 Å². The maximum absolute atomic E-state index is 12.7. The van der Waals surface area contributed by atoms with Crippen molar-refractivity contribution in [3.8, 4) is 5.75 Å². The number of carbonyl (C=O) groups is 1. The van der Waals surface area contributed by atoms with Gasteiger partial charge in [0.2, 0.25) is 5.91 Å². The number of hydrogen-bond acceptors (Lipinski definition) is 3. The Morgan fingerprint density at radius 2 is 1.90 bits per heavy atom. The standard InChI is InChI=1S/C22H21F3N2O3/c1-29-17-8-14(9-17)21(28)27-20-11-26-19-7-6-16(10-18(19)20)30-12-13-2-4-15(5-3-13)22(23,24)25/h2-7,10-11,14,17,26H,8-9,12H2,1H3,(H,27,28)/t14-,17-. The van der Waals surface area contributed by atoms with Crippen molar-refractivity contribution in [1.82, 2.24) is 4.98 Å². The molecule has 1 amide bonds. The second-order valence-corrected chi connectivity index (χ2v) is 7.41. The highest BCUT2D eigenvalue weighted by Crippen LogP contribution is 2.33. The van der Waals surface area contributed by atoms with Crippen LogP contribution in [-0.2, 0) is 22.3 Å². The molecule has 1 saturated carbocycles. The number of benzene rings is 2. The van der Waals surface area contributed by atoms with Crippen molar-refractivity contribution in [2.24, 2.45) is 5.92 Å². The second kappa shape index (κ2) is 8.02. The molecule has 1 aliphatic rings. The van der Waals surface area contributed by atoms with Gasteiger partial charge >= 0.3 is 6.18 Å². The predicted octanol–water partition coefficient (Wildman–Crippen LogP) is 5.13. The van der Waals surface area contributed by atoms with Crippen LogP contribution < -0.4 is 10.1 Å². The highest BCUT2D eigenvalue weighted by molar-refractivity contribution is 6.03. The smallest absolute Gasteiger partial charge is 0.416 e. The minimum Gasteiger partial charge on any atom is -0.489 e. The Hall–Kier alpha value is -3.00. The van der Waals surface area contributed by atoms with Crippen LogP contribution in [-0.4, -0.2) is 24.1 Å². The van der Waals surface area contributed by atoms with E-state index < -0.39 is 11.7 Å². The number of anilines is 1. The van der Waals surface area contributed by atoms with Gasteiger partial charge in [0.1, 0.15) is 12.4 Å². The molecule has 0 bridgehead atoms. The summed E-state index contributed by atoms with van der Waals surface area (Å²) in [4.78, 5) is 15.5. The summed E-state index contributed by atoms with van der Waals surface area (Å²) >= 11 is 0. The number of fused-ring (bicyclic) bond motifs is 1. The molecule has 158 valence electrons. The van der Waals surface area contributed by atoms with E-state index in [2.05, 4.69) is 10.3 Å². The van der Waals surface area contributed by atoms with E-state index in [1.54, 1.807) is 25.4 Å². The van der Waals surface area contributed by atoms with Gasteiger partial charge in [-0.25, -0.2) is 0 Å². The van der Waals surface area contributed by atoms with E-state index in [1.165, 1.54) is 12.1 Å². The summed E-state index contributed by atoms with van der Waals surface area (Å²) in [7, 11) is 1.64. The van der Waals surface area contributed by atoms with Crippen LogP contribution in [0.3, 0.4) is 0 Å². The third kappa shape index (κ3) is 4.28. The molecule has 0 spiro atoms. The Labute approximate surface area is 171 Å². The molecule has 1 heterocycles. The van der Waals surface area contributed by atoms with Gasteiger partial charge in [0.15, 0.2) is 0 Å². The molecule has 0 unspecified atom stereocenters. The first-order chi connectivity index (χ1) is 14.3. The first kappa shape index (κ1) is 20.3. The Morgan fingerprint density at radius 1 is 1.17 bits per heavy atom. The van der Waals surface area contributed by atoms with Crippen LogP contribution in [0.2, 0.25) is 0 Å². The van der Waals surface area contributed by atoms with Crippen molar-refractivity contribution >= 4 is 22.5 Å². The average molecular weight is 418 g/mol. The topological polar surface area (TPSA) is 63.3 Å². The van der Waals surface area contributed by atoms with Crippen molar-refractivity contribution in [3.05, 3.63) is 59.8 Å². The van der Waals surface area contributed by atoms with Gasteiger partial charge in [-0.2, -0.15) is 13.2 Å². The predicted molar refractivity (Wildman–Crippen MR) is 106 cm³/mol. The molecular weight excluding hydrogens is 397 g/mol. The maximum Gasteiger partial charge on any atom is 0.416 e. The van der Waals surface area contributed by atoms with Gasteiger partial charge in [-0.15, -0.1) is 0 Å². The van der Waals surface area contributed by atoms with Crippen LogP contribution in [0.5, 0.6) is 5.75 Å². The maximum atomic E-state index is 12.7. The van der Waals surface area contributed by atoms with Gasteiger partial charge in [-0.3, -0.25) is 4.79 Å². The number of aromatic amines is 1. The Kier molecular flexibility index (Phi) is 5.42. The second-order valence-electron chi connectivity index (χ2n) is 7.41. The number of hydrogen-bond donors (Lipinski definition) is 2. The largest absolute Gasteiger partial charge is 0.489 e. The molecule has 1 aliphatic carbocycles. The molecule has 8 heteroatoms. The monoisotopic (exact) mass is 418 g/mol. The van der Waals surface area contributed by atoms with Crippen LogP contribution >= 0.6 is 0 Å². The van der Waals surface area contributed by atoms with Crippen LogP contribution in [0, 0.1) is 5.92 Å². The van der Waals surface area contributed by atoms with E-state index >= 15 is 0 Å². The van der Waals surface area contributed by atoms with E-state index in [0.717, 1.165) is 23.0 Å². The summed E-state index contributed by atoms with van der Waals surface area (Å²) in [5, 5.41) is 3.75. The zero-order valence-corrected chi connectivity index (χ0v) is 16.3. The number of amides is 1. The molecule has 0 atom stereocenters. The lowest BCUT2D eigenvalue weighted by Crippen LogP contribution is -2.38. The van der Waals surface area contributed by atoms with Crippen LogP contribution in [0.25, 0.3) is 10.9 Å². The lowest BCUT2D eigenvalue weighted by molar-refractivity contribution is -0.137. The Morgan fingerprint density at radius 3 is 2.57 bits per heavy atom. The zero-order valence-electron chi connectivity index (χ0n) is 16.3. The molecule has 5 nitrogen and oxygen atoms in total. The number of halogens is 3. The SMILES string of the molecule is CO[C@H]1C[C@H](C(=O)Nc2c[nH]c3ccc(OCc4ccc(C(F)(F)F)cc4)cc23)C1. The minimum atomic E-state index is -4.36. The van der Waals surface area contributed by atoms with Gasteiger partial charge in [0.25, 0.3) is 0 Å². The summed E-state index contributed by atoms with van der Waals surface area (Å²) < 4.78 is 48.9. The minimum absolute atomic E-state index is 0.0414. The summed E-state index contributed by atoms with van der Waals surface area (Å²) in [6, 6.07) is 10.3. The Bertz CT molecular complexity index is 1040. The van der Waals surface area contributed by atoms with Gasteiger partial charge < -0.3 is 19.8 Å². The fourth-order valence-electron chi connectivity index (χ4n) is 3.46. The molecule has 1 fully saturated rings. The molecule has 4 rings (SSSR count). The van der Waals surface area contributed by atoms with Crippen LogP contribution in [0.1, 0.15) is 24.0 Å². The third-order valence-corrected chi connectivity index (χ3v) is 5.40. The summed E-state index contributed by atoms with van der Waals surface area (Å²) in [5.41, 5.74) is 1.44. The first-order valence-electron chi connectivity index (χ1n) is 9.57. The quantitative estimate of drug-likeness (QED) is 0.583. The number of H-pyrrole nitrogens is 1. The highest BCUT2D eigenvalue weighted by atomic mass is 19.4. The highest BCUT2D eigenvalue weighted by Gasteiger charge is 2.34. The van der Waals surface area contributed by atoms with Crippen LogP contribution in [0.15, 0.2) is 48.7 Å². The molecule has 0 saturated heterocycles. The zero-order chi connectivity index (χ0) is 21.3. The van der Waals surface area contributed by atoms with E-state index in [-0.39, 0.29) is 24.5 Å². The molecule has 2 aromatic carbocycles. The molecule has 2 N–H and O–H groups in total. The van der Waals surface area contributed by atoms with E-state index in [4.69, 9.17) is 9.47 Å². The summed E-state index contributed by atoms with van der Waals surface area (Å²) in [6.07, 6.45) is -1.05. The van der Waals surface area contributed by atoms with Gasteiger partial charge in [0, 0.05) is 30.1 Å². The summed E-state index contributed by atoms with van der Waals surface area (Å²) in [5.74, 6) is 0.458. The molecule has 3 aromatic rings. The fourth-order valence-corrected chi connectivity index (χ4v) is 3.46. The normalized spacial score (nSPS) is 18.8. The number of rotatable bonds is 6. The molecule has 0 aliphatic heterocycles. The van der Waals surface area contributed by atoms with Crippen molar-refractivity contribution in [3.63, 3.8) is 0 Å². The molecular formula is C22H21F3N2O3. The number of methoxy groups -OCH3 is 1. The fraction of sp³-hybridized carbons (Fsp3) is 0.318. The van der Waals surface area contributed by atoms with Crippen LogP contribution in [0.4, 0.5) is 18.9 Å². The summed E-state index contributed by atoms with van der Waals surface area (Å²) in [6.45, 7) is 0.135. The number of ether oxygens (including phenoxy) is 2. The van der Waals surface area contributed by atoms with E-state index in [1.807, 2.05) is 6.07 Å². The number of aromatic nitrogens is 1. The number of nitrogens with one attached hydrogen (secondary N) is 2. The van der Waals surface area contributed by atoms with E-state index in [0.29, 0.717) is 29.8 Å². The average Bonchev–Trinajstić information content (AvgIpc) is 3.07. The van der Waals surface area contributed by atoms with E-state index in [9.17, 15) is 18.0 Å². The molecule has 30 heavy (non-hydrogen) atoms.